The van der Waals surface area contributed by atoms with E-state index in [0.717, 1.165) is 25.8 Å². The third-order valence-corrected chi connectivity index (χ3v) is 1.89. The van der Waals surface area contributed by atoms with Crippen molar-refractivity contribution in [3.05, 3.63) is 0 Å². The van der Waals surface area contributed by atoms with Gasteiger partial charge < -0.3 is 11.5 Å². The van der Waals surface area contributed by atoms with Crippen molar-refractivity contribution in [3.63, 3.8) is 0 Å². The van der Waals surface area contributed by atoms with E-state index in [1.807, 2.05) is 0 Å². The van der Waals surface area contributed by atoms with Crippen LogP contribution in [0.25, 0.3) is 0 Å². The molecule has 0 saturated carbocycles. The minimum absolute atomic E-state index is 0.175. The summed E-state index contributed by atoms with van der Waals surface area (Å²) in [7, 11) is 0. The van der Waals surface area contributed by atoms with Gasteiger partial charge in [0, 0.05) is 6.42 Å². The highest BCUT2D eigenvalue weighted by Gasteiger charge is 1.97. The van der Waals surface area contributed by atoms with Gasteiger partial charge in [-0.2, -0.15) is 0 Å². The summed E-state index contributed by atoms with van der Waals surface area (Å²) >= 11 is 0. The fourth-order valence-electron chi connectivity index (χ4n) is 1.10. The summed E-state index contributed by atoms with van der Waals surface area (Å²) in [5.74, 6) is 0.175. The van der Waals surface area contributed by atoms with Gasteiger partial charge in [0.05, 0.1) is 6.54 Å². The van der Waals surface area contributed by atoms with Gasteiger partial charge in [-0.3, -0.25) is 4.79 Å². The van der Waals surface area contributed by atoms with Crippen LogP contribution in [0.5, 0.6) is 0 Å². The van der Waals surface area contributed by atoms with Crippen LogP contribution < -0.4 is 11.5 Å². The van der Waals surface area contributed by atoms with Gasteiger partial charge in [-0.25, -0.2) is 0 Å². The zero-order chi connectivity index (χ0) is 9.23. The molecule has 3 heteroatoms. The molecular weight excluding hydrogens is 152 g/mol. The molecule has 0 atom stereocenters. The smallest absolute Gasteiger partial charge is 0.146 e. The third kappa shape index (κ3) is 7.69. The lowest BCUT2D eigenvalue weighted by Gasteiger charge is -1.98. The van der Waals surface area contributed by atoms with Gasteiger partial charge in [-0.15, -0.1) is 0 Å². The molecule has 0 saturated heterocycles. The lowest BCUT2D eigenvalue weighted by atomic mass is 10.1. The second-order valence-electron chi connectivity index (χ2n) is 3.05. The normalized spacial score (nSPS) is 10.2. The molecule has 72 valence electrons. The Morgan fingerprint density at radius 3 is 2.08 bits per heavy atom. The Hall–Kier alpha value is -0.410. The van der Waals surface area contributed by atoms with Gasteiger partial charge in [0.1, 0.15) is 5.78 Å². The molecule has 4 N–H and O–H groups in total. The van der Waals surface area contributed by atoms with E-state index in [2.05, 4.69) is 0 Å². The van der Waals surface area contributed by atoms with Crippen LogP contribution in [0.2, 0.25) is 0 Å². The summed E-state index contributed by atoms with van der Waals surface area (Å²) < 4.78 is 0. The molecule has 0 aromatic heterocycles. The summed E-state index contributed by atoms with van der Waals surface area (Å²) in [6, 6.07) is 0. The van der Waals surface area contributed by atoms with Gasteiger partial charge >= 0.3 is 0 Å². The number of carbonyl (C=O) groups is 1. The van der Waals surface area contributed by atoms with Crippen molar-refractivity contribution in [1.29, 1.82) is 0 Å². The number of carbonyl (C=O) groups excluding carboxylic acids is 1. The van der Waals surface area contributed by atoms with E-state index in [1.165, 1.54) is 12.8 Å². The SMILES string of the molecule is NCCCCCCCC(=O)CN. The van der Waals surface area contributed by atoms with E-state index < -0.39 is 0 Å². The van der Waals surface area contributed by atoms with Crippen molar-refractivity contribution in [2.24, 2.45) is 11.5 Å². The van der Waals surface area contributed by atoms with Crippen molar-refractivity contribution < 1.29 is 4.79 Å². The lowest BCUT2D eigenvalue weighted by molar-refractivity contribution is -0.117. The van der Waals surface area contributed by atoms with Crippen molar-refractivity contribution >= 4 is 5.78 Å². The quantitative estimate of drug-likeness (QED) is 0.532. The van der Waals surface area contributed by atoms with Crippen LogP contribution in [-0.4, -0.2) is 18.9 Å². The van der Waals surface area contributed by atoms with Crippen LogP contribution in [0.4, 0.5) is 0 Å². The Bertz CT molecular complexity index is 115. The molecule has 3 nitrogen and oxygen atoms in total. The summed E-state index contributed by atoms with van der Waals surface area (Å²) in [6.07, 6.45) is 6.25. The second-order valence-corrected chi connectivity index (χ2v) is 3.05. The number of nitrogens with two attached hydrogens (primary N) is 2. The van der Waals surface area contributed by atoms with Crippen molar-refractivity contribution in [1.82, 2.24) is 0 Å². The van der Waals surface area contributed by atoms with Gasteiger partial charge in [0.15, 0.2) is 0 Å². The van der Waals surface area contributed by atoms with Gasteiger partial charge in [-0.1, -0.05) is 19.3 Å². The van der Waals surface area contributed by atoms with Crippen LogP contribution in [0.1, 0.15) is 38.5 Å². The van der Waals surface area contributed by atoms with Crippen LogP contribution in [0, 0.1) is 0 Å². The zero-order valence-electron chi connectivity index (χ0n) is 7.72. The van der Waals surface area contributed by atoms with Crippen LogP contribution in [0.15, 0.2) is 0 Å². The first-order valence-corrected chi connectivity index (χ1v) is 4.73. The van der Waals surface area contributed by atoms with Crippen LogP contribution >= 0.6 is 0 Å². The molecule has 0 spiro atoms. The molecule has 0 fully saturated rings. The first kappa shape index (κ1) is 11.6. The molecule has 0 aliphatic carbocycles. The molecule has 0 aliphatic rings. The summed E-state index contributed by atoms with van der Waals surface area (Å²) in [6.45, 7) is 0.977. The topological polar surface area (TPSA) is 69.1 Å². The Labute approximate surface area is 74.5 Å². The van der Waals surface area contributed by atoms with Gasteiger partial charge in [-0.05, 0) is 19.4 Å². The summed E-state index contributed by atoms with van der Waals surface area (Å²) in [5.41, 5.74) is 10.5. The van der Waals surface area contributed by atoms with Gasteiger partial charge in [0.2, 0.25) is 0 Å². The van der Waals surface area contributed by atoms with Crippen LogP contribution in [0.3, 0.4) is 0 Å². The lowest BCUT2D eigenvalue weighted by Crippen LogP contribution is -2.12. The maximum Gasteiger partial charge on any atom is 0.146 e. The van der Waals surface area contributed by atoms with Gasteiger partial charge in [0.25, 0.3) is 0 Å². The predicted molar refractivity (Wildman–Crippen MR) is 50.8 cm³/mol. The molecular formula is C9H20N2O. The number of hydrogen-bond donors (Lipinski definition) is 2. The Morgan fingerprint density at radius 1 is 0.917 bits per heavy atom. The number of ketones is 1. The van der Waals surface area contributed by atoms with E-state index in [-0.39, 0.29) is 12.3 Å². The first-order valence-electron chi connectivity index (χ1n) is 4.73. The van der Waals surface area contributed by atoms with E-state index in [1.54, 1.807) is 0 Å². The predicted octanol–water partition coefficient (Wildman–Crippen LogP) is 0.814. The number of rotatable bonds is 8. The van der Waals surface area contributed by atoms with E-state index in [4.69, 9.17) is 11.5 Å². The van der Waals surface area contributed by atoms with Crippen molar-refractivity contribution in [2.45, 2.75) is 38.5 Å². The highest BCUT2D eigenvalue weighted by Crippen LogP contribution is 2.04. The molecule has 0 unspecified atom stereocenters. The molecule has 0 aromatic rings. The molecule has 0 radical (unpaired) electrons. The fourth-order valence-corrected chi connectivity index (χ4v) is 1.10. The monoisotopic (exact) mass is 172 g/mol. The molecule has 12 heavy (non-hydrogen) atoms. The first-order chi connectivity index (χ1) is 5.81. The van der Waals surface area contributed by atoms with Crippen molar-refractivity contribution in [3.8, 4) is 0 Å². The van der Waals surface area contributed by atoms with E-state index in [9.17, 15) is 4.79 Å². The molecule has 0 aliphatic heterocycles. The number of unbranched alkanes of at least 4 members (excludes halogenated alkanes) is 4. The largest absolute Gasteiger partial charge is 0.330 e. The summed E-state index contributed by atoms with van der Waals surface area (Å²) in [5, 5.41) is 0. The molecule has 0 bridgehead atoms. The van der Waals surface area contributed by atoms with E-state index in [0.29, 0.717) is 6.42 Å². The Kier molecular flexibility index (Phi) is 8.39. The minimum Gasteiger partial charge on any atom is -0.330 e. The summed E-state index contributed by atoms with van der Waals surface area (Å²) in [4.78, 5) is 10.8. The average molecular weight is 172 g/mol. The maximum atomic E-state index is 10.8. The molecule has 0 amide bonds. The highest BCUT2D eigenvalue weighted by molar-refractivity contribution is 5.80. The van der Waals surface area contributed by atoms with E-state index >= 15 is 0 Å². The number of hydrogen-bond acceptors (Lipinski definition) is 3. The average Bonchev–Trinajstić information content (AvgIpc) is 2.10. The highest BCUT2D eigenvalue weighted by atomic mass is 16.1. The number of Topliss-reactive ketones (excluding diaryl/α,β-unsaturated/α-hetero) is 1. The van der Waals surface area contributed by atoms with Crippen LogP contribution in [-0.2, 0) is 4.79 Å². The fraction of sp³-hybridized carbons (Fsp3) is 0.889. The molecule has 0 rings (SSSR count). The third-order valence-electron chi connectivity index (χ3n) is 1.89. The maximum absolute atomic E-state index is 10.8. The minimum atomic E-state index is 0.175. The Morgan fingerprint density at radius 2 is 1.50 bits per heavy atom. The Balaban J connectivity index is 2.95. The second kappa shape index (κ2) is 8.68. The molecule has 0 heterocycles. The zero-order valence-corrected chi connectivity index (χ0v) is 7.72. The standard InChI is InChI=1S/C9H20N2O/c10-7-5-3-1-2-4-6-9(12)8-11/h1-8,10-11H2. The van der Waals surface area contributed by atoms with Crippen molar-refractivity contribution in [2.75, 3.05) is 13.1 Å². The molecule has 0 aromatic carbocycles.